The molecule has 1 saturated heterocycles. The fourth-order valence-corrected chi connectivity index (χ4v) is 3.00. The van der Waals surface area contributed by atoms with Crippen molar-refractivity contribution < 1.29 is 23.0 Å². The molecule has 124 valence electrons. The molecule has 1 aliphatic rings. The molecule has 0 radical (unpaired) electrons. The van der Waals surface area contributed by atoms with Crippen molar-refractivity contribution in [2.75, 3.05) is 24.1 Å². The highest BCUT2D eigenvalue weighted by Crippen LogP contribution is 2.31. The highest BCUT2D eigenvalue weighted by atomic mass is 127. The first-order valence-electron chi connectivity index (χ1n) is 7.02. The minimum Gasteiger partial charge on any atom is -0.444 e. The lowest BCUT2D eigenvalue weighted by Crippen LogP contribution is -2.51. The summed E-state index contributed by atoms with van der Waals surface area (Å²) in [6.07, 6.45) is 0.738. The molecule has 4 nitrogen and oxygen atoms in total. The fraction of sp³-hybridized carbons (Fsp3) is 0.929. The van der Waals surface area contributed by atoms with E-state index in [1.54, 1.807) is 4.90 Å². The van der Waals surface area contributed by atoms with Gasteiger partial charge in [-0.3, -0.25) is 0 Å². The van der Waals surface area contributed by atoms with Crippen molar-refractivity contribution in [1.82, 2.24) is 4.90 Å². The van der Waals surface area contributed by atoms with Crippen molar-refractivity contribution in [3.05, 3.63) is 0 Å². The smallest absolute Gasteiger partial charge is 0.410 e. The summed E-state index contributed by atoms with van der Waals surface area (Å²) >= 11 is 2.15. The van der Waals surface area contributed by atoms with Gasteiger partial charge < -0.3 is 14.4 Å². The number of alkyl halides is 3. The number of hydrogen-bond acceptors (Lipinski definition) is 3. The second-order valence-corrected chi connectivity index (χ2v) is 7.41. The zero-order valence-corrected chi connectivity index (χ0v) is 15.2. The number of piperidine rings is 1. The van der Waals surface area contributed by atoms with Crippen molar-refractivity contribution >= 4 is 28.7 Å². The van der Waals surface area contributed by atoms with E-state index in [2.05, 4.69) is 22.6 Å². The predicted octanol–water partition coefficient (Wildman–Crippen LogP) is 3.86. The summed E-state index contributed by atoms with van der Waals surface area (Å²) in [5.41, 5.74) is -1.10. The predicted molar refractivity (Wildman–Crippen MR) is 85.2 cm³/mol. The molecule has 1 amide bonds. The molecule has 0 atom stereocenters. The Balaban J connectivity index is 2.54. The summed E-state index contributed by atoms with van der Waals surface area (Å²) in [5.74, 6) is -2.83. The first-order valence-corrected chi connectivity index (χ1v) is 8.55. The van der Waals surface area contributed by atoms with Crippen LogP contribution in [0.3, 0.4) is 0 Å². The van der Waals surface area contributed by atoms with Crippen LogP contribution in [0.25, 0.3) is 0 Å². The van der Waals surface area contributed by atoms with Gasteiger partial charge in [-0.05, 0) is 33.6 Å². The van der Waals surface area contributed by atoms with E-state index in [4.69, 9.17) is 9.47 Å². The zero-order chi connectivity index (χ0) is 16.3. The molecule has 1 rings (SSSR count). The summed E-state index contributed by atoms with van der Waals surface area (Å²) in [4.78, 5) is 13.6. The Hall–Kier alpha value is -0.180. The Labute approximate surface area is 138 Å². The molecule has 0 N–H and O–H groups in total. The van der Waals surface area contributed by atoms with Crippen LogP contribution in [-0.2, 0) is 9.47 Å². The molecule has 0 aliphatic carbocycles. The SMILES string of the molecule is CC(F)(F)COC1(CI)CCN(C(=O)OC(C)(C)C)CC1. The van der Waals surface area contributed by atoms with Gasteiger partial charge in [0.15, 0.2) is 0 Å². The molecule has 0 bridgehead atoms. The zero-order valence-electron chi connectivity index (χ0n) is 13.0. The maximum Gasteiger partial charge on any atom is 0.410 e. The standard InChI is InChI=1S/C14H24F2INO3/c1-12(2,3)21-11(19)18-7-5-14(9-17,6-8-18)20-10-13(4,15)16/h5-10H2,1-4H3. The minimum absolute atomic E-state index is 0.356. The summed E-state index contributed by atoms with van der Waals surface area (Å²) in [7, 11) is 0. The second-order valence-electron chi connectivity index (χ2n) is 6.64. The molecule has 21 heavy (non-hydrogen) atoms. The summed E-state index contributed by atoms with van der Waals surface area (Å²) in [6.45, 7) is 6.65. The number of nitrogens with zero attached hydrogens (tertiary/aromatic N) is 1. The van der Waals surface area contributed by atoms with Gasteiger partial charge in [0.25, 0.3) is 5.92 Å². The number of carbonyl (C=O) groups is 1. The van der Waals surface area contributed by atoms with Gasteiger partial charge in [0.1, 0.15) is 12.2 Å². The van der Waals surface area contributed by atoms with Crippen molar-refractivity contribution in [2.24, 2.45) is 0 Å². The number of carbonyl (C=O) groups excluding carboxylic acids is 1. The highest BCUT2D eigenvalue weighted by molar-refractivity contribution is 14.1. The van der Waals surface area contributed by atoms with Crippen LogP contribution in [-0.4, -0.2) is 52.2 Å². The van der Waals surface area contributed by atoms with Crippen LogP contribution in [0, 0.1) is 0 Å². The normalized spacial score (nSPS) is 19.5. The van der Waals surface area contributed by atoms with Gasteiger partial charge in [-0.15, -0.1) is 0 Å². The fourth-order valence-electron chi connectivity index (χ4n) is 2.02. The molecule has 0 spiro atoms. The molecule has 7 heteroatoms. The summed E-state index contributed by atoms with van der Waals surface area (Å²) in [6, 6.07) is 0. The lowest BCUT2D eigenvalue weighted by atomic mass is 9.93. The van der Waals surface area contributed by atoms with Crippen LogP contribution in [0.1, 0.15) is 40.5 Å². The Morgan fingerprint density at radius 3 is 2.14 bits per heavy atom. The van der Waals surface area contributed by atoms with Crippen molar-refractivity contribution in [2.45, 2.75) is 57.7 Å². The van der Waals surface area contributed by atoms with Crippen molar-refractivity contribution in [1.29, 1.82) is 0 Å². The van der Waals surface area contributed by atoms with Crippen LogP contribution in [0.4, 0.5) is 13.6 Å². The third kappa shape index (κ3) is 6.63. The monoisotopic (exact) mass is 419 g/mol. The lowest BCUT2D eigenvalue weighted by Gasteiger charge is -2.41. The Morgan fingerprint density at radius 2 is 1.76 bits per heavy atom. The van der Waals surface area contributed by atoms with Crippen LogP contribution >= 0.6 is 22.6 Å². The van der Waals surface area contributed by atoms with Gasteiger partial charge in [0, 0.05) is 24.4 Å². The van der Waals surface area contributed by atoms with Crippen LogP contribution in [0.5, 0.6) is 0 Å². The maximum atomic E-state index is 13.0. The van der Waals surface area contributed by atoms with Gasteiger partial charge >= 0.3 is 6.09 Å². The Bertz CT molecular complexity index is 358. The van der Waals surface area contributed by atoms with E-state index in [9.17, 15) is 13.6 Å². The van der Waals surface area contributed by atoms with E-state index in [1.807, 2.05) is 20.8 Å². The van der Waals surface area contributed by atoms with E-state index in [-0.39, 0.29) is 6.09 Å². The largest absolute Gasteiger partial charge is 0.444 e. The third-order valence-electron chi connectivity index (χ3n) is 3.20. The summed E-state index contributed by atoms with van der Waals surface area (Å²) in [5, 5.41) is 0. The number of likely N-dealkylation sites (tertiary alicyclic amines) is 1. The van der Waals surface area contributed by atoms with Gasteiger partial charge in [-0.25, -0.2) is 13.6 Å². The van der Waals surface area contributed by atoms with E-state index >= 15 is 0 Å². The van der Waals surface area contributed by atoms with Gasteiger partial charge in [-0.1, -0.05) is 22.6 Å². The van der Waals surface area contributed by atoms with Crippen LogP contribution in [0.2, 0.25) is 0 Å². The number of ether oxygens (including phenoxy) is 2. The quantitative estimate of drug-likeness (QED) is 0.513. The van der Waals surface area contributed by atoms with E-state index in [0.717, 1.165) is 6.92 Å². The average Bonchev–Trinajstić information content (AvgIpc) is 2.34. The Kier molecular flexibility index (Phi) is 6.23. The Morgan fingerprint density at radius 1 is 1.24 bits per heavy atom. The molecular weight excluding hydrogens is 395 g/mol. The first-order chi connectivity index (χ1) is 9.46. The molecular formula is C14H24F2INO3. The number of hydrogen-bond donors (Lipinski definition) is 0. The molecule has 1 fully saturated rings. The molecule has 0 unspecified atom stereocenters. The van der Waals surface area contributed by atoms with Crippen molar-refractivity contribution in [3.8, 4) is 0 Å². The maximum absolute atomic E-state index is 13.0. The molecule has 0 aromatic carbocycles. The van der Waals surface area contributed by atoms with Gasteiger partial charge in [-0.2, -0.15) is 0 Å². The second kappa shape index (κ2) is 6.93. The average molecular weight is 419 g/mol. The first kappa shape index (κ1) is 18.9. The number of amides is 1. The molecule has 0 aromatic rings. The topological polar surface area (TPSA) is 38.8 Å². The lowest BCUT2D eigenvalue weighted by molar-refractivity contribution is -0.136. The van der Waals surface area contributed by atoms with E-state index in [0.29, 0.717) is 30.4 Å². The van der Waals surface area contributed by atoms with Gasteiger partial charge in [0.05, 0.1) is 5.60 Å². The number of halogens is 3. The van der Waals surface area contributed by atoms with Crippen LogP contribution in [0.15, 0.2) is 0 Å². The van der Waals surface area contributed by atoms with Crippen LogP contribution < -0.4 is 0 Å². The van der Waals surface area contributed by atoms with E-state index in [1.165, 1.54) is 0 Å². The van der Waals surface area contributed by atoms with E-state index < -0.39 is 23.7 Å². The molecule has 0 aromatic heterocycles. The number of rotatable bonds is 4. The molecule has 1 heterocycles. The van der Waals surface area contributed by atoms with Crippen molar-refractivity contribution in [3.63, 3.8) is 0 Å². The highest BCUT2D eigenvalue weighted by Gasteiger charge is 2.39. The summed E-state index contributed by atoms with van der Waals surface area (Å²) < 4.78 is 37.3. The third-order valence-corrected chi connectivity index (χ3v) is 4.59. The van der Waals surface area contributed by atoms with Gasteiger partial charge in [0.2, 0.25) is 0 Å². The molecule has 1 aliphatic heterocycles. The molecule has 0 saturated carbocycles. The minimum atomic E-state index is -2.83.